The van der Waals surface area contributed by atoms with Crippen molar-refractivity contribution in [3.8, 4) is 0 Å². The van der Waals surface area contributed by atoms with Gasteiger partial charge in [-0.2, -0.15) is 13.2 Å². The summed E-state index contributed by atoms with van der Waals surface area (Å²) >= 11 is 6.71. The van der Waals surface area contributed by atoms with Gasteiger partial charge in [0.25, 0.3) is 0 Å². The van der Waals surface area contributed by atoms with Crippen LogP contribution < -0.4 is 10.5 Å². The van der Waals surface area contributed by atoms with E-state index < -0.39 is 32.9 Å². The molecule has 27 heavy (non-hydrogen) atoms. The summed E-state index contributed by atoms with van der Waals surface area (Å²) < 4.78 is 60.2. The van der Waals surface area contributed by atoms with E-state index in [1.54, 1.807) is 0 Å². The SMILES string of the molecule is CC(Sc1ncc(C(F)(F)F)cc1Cl)C(=O)Nc1ccc(S(N)(=O)=O)cc1. The Morgan fingerprint density at radius 2 is 1.89 bits per heavy atom. The van der Waals surface area contributed by atoms with Crippen molar-refractivity contribution in [1.29, 1.82) is 0 Å². The molecule has 0 aliphatic rings. The first kappa shape index (κ1) is 21.5. The number of benzene rings is 1. The number of carbonyl (C=O) groups excluding carboxylic acids is 1. The maximum atomic E-state index is 12.6. The average Bonchev–Trinajstić information content (AvgIpc) is 2.55. The number of alkyl halides is 3. The second-order valence-corrected chi connectivity index (χ2v) is 8.63. The van der Waals surface area contributed by atoms with Gasteiger partial charge in [0.1, 0.15) is 5.03 Å². The lowest BCUT2D eigenvalue weighted by Gasteiger charge is -2.13. The molecule has 0 aliphatic carbocycles. The van der Waals surface area contributed by atoms with Crippen LogP contribution in [-0.4, -0.2) is 24.6 Å². The molecule has 1 unspecified atom stereocenters. The number of primary sulfonamides is 1. The van der Waals surface area contributed by atoms with Crippen LogP contribution in [0.4, 0.5) is 18.9 Å². The van der Waals surface area contributed by atoms with Crippen LogP contribution in [0.2, 0.25) is 5.02 Å². The Morgan fingerprint density at radius 1 is 1.30 bits per heavy atom. The molecule has 0 fully saturated rings. The van der Waals surface area contributed by atoms with Gasteiger partial charge in [0, 0.05) is 11.9 Å². The summed E-state index contributed by atoms with van der Waals surface area (Å²) in [7, 11) is -3.84. The predicted octanol–water partition coefficient (Wildman–Crippen LogP) is 3.52. The third-order valence-corrected chi connectivity index (χ3v) is 5.69. The lowest BCUT2D eigenvalue weighted by Crippen LogP contribution is -2.22. The van der Waals surface area contributed by atoms with Crippen LogP contribution in [0.25, 0.3) is 0 Å². The fourth-order valence-corrected chi connectivity index (χ4v) is 3.46. The molecule has 2 rings (SSSR count). The van der Waals surface area contributed by atoms with E-state index in [0.29, 0.717) is 11.9 Å². The fourth-order valence-electron chi connectivity index (χ4n) is 1.86. The molecule has 12 heteroatoms. The maximum absolute atomic E-state index is 12.6. The number of anilines is 1. The number of hydrogen-bond donors (Lipinski definition) is 2. The molecule has 0 bridgehead atoms. The van der Waals surface area contributed by atoms with E-state index in [-0.39, 0.29) is 14.9 Å². The molecule has 146 valence electrons. The van der Waals surface area contributed by atoms with Crippen LogP contribution in [0, 0.1) is 0 Å². The molecule has 1 heterocycles. The number of carbonyl (C=O) groups is 1. The lowest BCUT2D eigenvalue weighted by molar-refractivity contribution is -0.137. The van der Waals surface area contributed by atoms with E-state index in [4.69, 9.17) is 16.7 Å². The average molecular weight is 440 g/mol. The van der Waals surface area contributed by atoms with E-state index in [0.717, 1.165) is 17.8 Å². The highest BCUT2D eigenvalue weighted by Gasteiger charge is 2.32. The quantitative estimate of drug-likeness (QED) is 0.694. The Morgan fingerprint density at radius 3 is 2.37 bits per heavy atom. The molecule has 3 N–H and O–H groups in total. The monoisotopic (exact) mass is 439 g/mol. The van der Waals surface area contributed by atoms with Gasteiger partial charge in [-0.3, -0.25) is 4.79 Å². The minimum absolute atomic E-state index is 0.0805. The van der Waals surface area contributed by atoms with Gasteiger partial charge >= 0.3 is 6.18 Å². The molecule has 1 atom stereocenters. The molecule has 2 aromatic rings. The first-order chi connectivity index (χ1) is 12.4. The third-order valence-electron chi connectivity index (χ3n) is 3.24. The molecule has 6 nitrogen and oxygen atoms in total. The summed E-state index contributed by atoms with van der Waals surface area (Å²) in [6, 6.07) is 5.93. The number of nitrogens with two attached hydrogens (primary N) is 1. The van der Waals surface area contributed by atoms with Crippen LogP contribution in [0.3, 0.4) is 0 Å². The van der Waals surface area contributed by atoms with Gasteiger partial charge in [-0.05, 0) is 37.3 Å². The van der Waals surface area contributed by atoms with Crippen LogP contribution in [0.5, 0.6) is 0 Å². The van der Waals surface area contributed by atoms with Crippen molar-refractivity contribution in [1.82, 2.24) is 4.98 Å². The molecule has 1 aromatic heterocycles. The van der Waals surface area contributed by atoms with Gasteiger partial charge in [-0.15, -0.1) is 0 Å². The number of pyridine rings is 1. The minimum Gasteiger partial charge on any atom is -0.325 e. The Hall–Kier alpha value is -1.82. The number of rotatable bonds is 5. The smallest absolute Gasteiger partial charge is 0.325 e. The van der Waals surface area contributed by atoms with Gasteiger partial charge in [-0.1, -0.05) is 23.4 Å². The minimum atomic E-state index is -4.56. The maximum Gasteiger partial charge on any atom is 0.417 e. The molecule has 0 aliphatic heterocycles. The van der Waals surface area contributed by atoms with Gasteiger partial charge in [-0.25, -0.2) is 18.5 Å². The number of amides is 1. The molecule has 0 saturated carbocycles. The Bertz CT molecular complexity index is 951. The highest BCUT2D eigenvalue weighted by molar-refractivity contribution is 8.00. The summed E-state index contributed by atoms with van der Waals surface area (Å²) in [5.41, 5.74) is -0.657. The first-order valence-corrected chi connectivity index (χ1v) is 10.0. The molecule has 0 radical (unpaired) electrons. The van der Waals surface area contributed by atoms with Crippen molar-refractivity contribution in [2.24, 2.45) is 5.14 Å². The topological polar surface area (TPSA) is 102 Å². The van der Waals surface area contributed by atoms with Crippen molar-refractivity contribution in [2.45, 2.75) is 28.3 Å². The zero-order valence-electron chi connectivity index (χ0n) is 13.6. The fraction of sp³-hybridized carbons (Fsp3) is 0.200. The van der Waals surface area contributed by atoms with Gasteiger partial charge in [0.05, 0.1) is 20.7 Å². The van der Waals surface area contributed by atoms with Gasteiger partial charge in [0.15, 0.2) is 0 Å². The second-order valence-electron chi connectivity index (χ2n) is 5.33. The summed E-state index contributed by atoms with van der Waals surface area (Å²) in [6.45, 7) is 1.52. The van der Waals surface area contributed by atoms with Gasteiger partial charge in [0.2, 0.25) is 15.9 Å². The predicted molar refractivity (Wildman–Crippen MR) is 96.0 cm³/mol. The summed E-state index contributed by atoms with van der Waals surface area (Å²) in [4.78, 5) is 15.8. The highest BCUT2D eigenvalue weighted by atomic mass is 35.5. The van der Waals surface area contributed by atoms with E-state index in [1.807, 2.05) is 0 Å². The Balaban J connectivity index is 2.06. The van der Waals surface area contributed by atoms with Crippen molar-refractivity contribution in [2.75, 3.05) is 5.32 Å². The number of nitrogens with one attached hydrogen (secondary N) is 1. The van der Waals surface area contributed by atoms with Crippen LogP contribution >= 0.6 is 23.4 Å². The Kier molecular flexibility index (Phi) is 6.40. The molecule has 0 spiro atoms. The largest absolute Gasteiger partial charge is 0.417 e. The molecular weight excluding hydrogens is 427 g/mol. The normalized spacial score (nSPS) is 13.3. The zero-order chi connectivity index (χ0) is 20.4. The molecule has 1 aromatic carbocycles. The Labute approximate surface area is 162 Å². The molecular formula is C15H13ClF3N3O3S2. The lowest BCUT2D eigenvalue weighted by atomic mass is 10.3. The summed E-state index contributed by atoms with van der Waals surface area (Å²) in [6.07, 6.45) is -3.92. The zero-order valence-corrected chi connectivity index (χ0v) is 16.0. The number of aromatic nitrogens is 1. The van der Waals surface area contributed by atoms with Crippen LogP contribution in [-0.2, 0) is 21.0 Å². The summed E-state index contributed by atoms with van der Waals surface area (Å²) in [5, 5.41) is 6.67. The highest BCUT2D eigenvalue weighted by Crippen LogP contribution is 2.35. The first-order valence-electron chi connectivity index (χ1n) is 7.21. The van der Waals surface area contributed by atoms with Crippen LogP contribution in [0.15, 0.2) is 46.5 Å². The number of halogens is 4. The van der Waals surface area contributed by atoms with Crippen molar-refractivity contribution in [3.05, 3.63) is 47.1 Å². The summed E-state index contributed by atoms with van der Waals surface area (Å²) in [5.74, 6) is -0.471. The number of thioether (sulfide) groups is 1. The van der Waals surface area contributed by atoms with E-state index in [9.17, 15) is 26.4 Å². The van der Waals surface area contributed by atoms with Crippen LogP contribution in [0.1, 0.15) is 12.5 Å². The number of hydrogen-bond acceptors (Lipinski definition) is 5. The molecule has 1 amide bonds. The van der Waals surface area contributed by atoms with E-state index in [1.165, 1.54) is 31.2 Å². The van der Waals surface area contributed by atoms with Crippen molar-refractivity contribution in [3.63, 3.8) is 0 Å². The second kappa shape index (κ2) is 8.05. The van der Waals surface area contributed by atoms with Gasteiger partial charge < -0.3 is 5.32 Å². The standard InChI is InChI=1S/C15H13ClF3N3O3S2/c1-8(26-14-12(16)6-9(7-21-14)15(17,18)19)13(23)22-10-2-4-11(5-3-10)27(20,24)25/h2-8H,1H3,(H,22,23)(H2,20,24,25). The number of sulfonamides is 1. The number of nitrogens with zero attached hydrogens (tertiary/aromatic N) is 1. The van der Waals surface area contributed by atoms with E-state index in [2.05, 4.69) is 10.3 Å². The van der Waals surface area contributed by atoms with Crippen molar-refractivity contribution >= 4 is 45.0 Å². The molecule has 0 saturated heterocycles. The van der Waals surface area contributed by atoms with Crippen molar-refractivity contribution < 1.29 is 26.4 Å². The van der Waals surface area contributed by atoms with E-state index >= 15 is 0 Å². The third kappa shape index (κ3) is 5.83.